The minimum absolute atomic E-state index is 0.0734. The first-order valence-electron chi connectivity index (χ1n) is 5.10. The molecule has 0 aliphatic carbocycles. The predicted molar refractivity (Wildman–Crippen MR) is 66.6 cm³/mol. The molecule has 1 aromatic rings. The molecule has 2 rings (SSSR count). The van der Waals surface area contributed by atoms with Crippen molar-refractivity contribution >= 4 is 28.6 Å². The lowest BCUT2D eigenvalue weighted by molar-refractivity contribution is -0.151. The van der Waals surface area contributed by atoms with Gasteiger partial charge in [-0.15, -0.1) is 0 Å². The molecular formula is C12H13IO2. The third-order valence-electron chi connectivity index (χ3n) is 2.87. The Morgan fingerprint density at radius 2 is 2.00 bits per heavy atom. The summed E-state index contributed by atoms with van der Waals surface area (Å²) in [5.41, 5.74) is 1.08. The summed E-state index contributed by atoms with van der Waals surface area (Å²) in [7, 11) is 0. The van der Waals surface area contributed by atoms with Crippen LogP contribution in [0.25, 0.3) is 0 Å². The zero-order valence-electron chi connectivity index (χ0n) is 8.57. The van der Waals surface area contributed by atoms with Gasteiger partial charge in [0.2, 0.25) is 0 Å². The molecule has 0 radical (unpaired) electrons. The maximum Gasteiger partial charge on any atom is 0.313 e. The second-order valence-corrected chi connectivity index (χ2v) is 5.21. The zero-order chi connectivity index (χ0) is 10.8. The Hall–Kier alpha value is -0.580. The van der Waals surface area contributed by atoms with Crippen LogP contribution in [-0.4, -0.2) is 12.6 Å². The number of ether oxygens (including phenoxy) is 1. The maximum absolute atomic E-state index is 11.7. The molecule has 80 valence electrons. The molecular weight excluding hydrogens is 303 g/mol. The van der Waals surface area contributed by atoms with Gasteiger partial charge >= 0.3 is 5.97 Å². The molecule has 2 atom stereocenters. The number of esters is 1. The smallest absolute Gasteiger partial charge is 0.313 e. The summed E-state index contributed by atoms with van der Waals surface area (Å²) in [4.78, 5) is 11.7. The Morgan fingerprint density at radius 3 is 2.60 bits per heavy atom. The van der Waals surface area contributed by atoms with Gasteiger partial charge in [-0.3, -0.25) is 4.79 Å². The molecule has 0 bridgehead atoms. The quantitative estimate of drug-likeness (QED) is 0.588. The lowest BCUT2D eigenvalue weighted by Crippen LogP contribution is -2.29. The van der Waals surface area contributed by atoms with E-state index in [0.717, 1.165) is 12.0 Å². The molecule has 15 heavy (non-hydrogen) atoms. The Balaban J connectivity index is 2.27. The summed E-state index contributed by atoms with van der Waals surface area (Å²) >= 11 is 2.26. The Kier molecular flexibility index (Phi) is 3.29. The fourth-order valence-corrected chi connectivity index (χ4v) is 2.33. The van der Waals surface area contributed by atoms with Gasteiger partial charge in [-0.05, 0) is 52.6 Å². The second-order valence-electron chi connectivity index (χ2n) is 3.96. The number of carbonyl (C=O) groups is 1. The monoisotopic (exact) mass is 316 g/mol. The van der Waals surface area contributed by atoms with Crippen molar-refractivity contribution in [2.45, 2.75) is 19.3 Å². The van der Waals surface area contributed by atoms with Crippen LogP contribution in [0.2, 0.25) is 0 Å². The number of carbonyl (C=O) groups excluding carboxylic acids is 1. The zero-order valence-corrected chi connectivity index (χ0v) is 10.7. The van der Waals surface area contributed by atoms with Crippen LogP contribution in [0.15, 0.2) is 24.3 Å². The summed E-state index contributed by atoms with van der Waals surface area (Å²) in [5, 5.41) is 0. The van der Waals surface area contributed by atoms with Crippen molar-refractivity contribution in [3.63, 3.8) is 0 Å². The van der Waals surface area contributed by atoms with Crippen molar-refractivity contribution < 1.29 is 9.53 Å². The van der Waals surface area contributed by atoms with Gasteiger partial charge < -0.3 is 4.74 Å². The van der Waals surface area contributed by atoms with E-state index in [4.69, 9.17) is 4.74 Å². The first-order valence-corrected chi connectivity index (χ1v) is 6.18. The second kappa shape index (κ2) is 4.51. The predicted octanol–water partition coefficient (Wildman–Crippen LogP) is 2.96. The van der Waals surface area contributed by atoms with Gasteiger partial charge in [0.15, 0.2) is 0 Å². The number of benzene rings is 1. The Morgan fingerprint density at radius 1 is 1.33 bits per heavy atom. The summed E-state index contributed by atoms with van der Waals surface area (Å²) in [6.45, 7) is 2.68. The van der Waals surface area contributed by atoms with Crippen LogP contribution < -0.4 is 0 Å². The molecule has 0 spiro atoms. The van der Waals surface area contributed by atoms with Gasteiger partial charge in [-0.2, -0.15) is 0 Å². The standard InChI is InChI=1S/C12H13IO2/c1-8-6-7-15-12(14)11(8)9-2-4-10(13)5-3-9/h2-5,8,11H,6-7H2,1H3/t8-,11-/m0/s1. The first kappa shape index (κ1) is 10.9. The molecule has 0 amide bonds. The molecule has 0 unspecified atom stereocenters. The van der Waals surface area contributed by atoms with E-state index >= 15 is 0 Å². The van der Waals surface area contributed by atoms with Crippen LogP contribution in [0.1, 0.15) is 24.8 Å². The lowest BCUT2D eigenvalue weighted by Gasteiger charge is -2.27. The van der Waals surface area contributed by atoms with E-state index in [0.29, 0.717) is 12.5 Å². The summed E-state index contributed by atoms with van der Waals surface area (Å²) in [6, 6.07) is 8.11. The summed E-state index contributed by atoms with van der Waals surface area (Å²) < 4.78 is 6.29. The fourth-order valence-electron chi connectivity index (χ4n) is 1.97. The minimum Gasteiger partial charge on any atom is -0.465 e. The van der Waals surface area contributed by atoms with E-state index in [2.05, 4.69) is 29.5 Å². The summed E-state index contributed by atoms with van der Waals surface area (Å²) in [5.74, 6) is 0.233. The van der Waals surface area contributed by atoms with Crippen LogP contribution in [0.4, 0.5) is 0 Å². The molecule has 1 aliphatic rings. The highest BCUT2D eigenvalue weighted by atomic mass is 127. The van der Waals surface area contributed by atoms with Gasteiger partial charge in [0.05, 0.1) is 12.5 Å². The third-order valence-corrected chi connectivity index (χ3v) is 3.59. The first-order chi connectivity index (χ1) is 7.18. The van der Waals surface area contributed by atoms with Crippen LogP contribution >= 0.6 is 22.6 Å². The lowest BCUT2D eigenvalue weighted by atomic mass is 9.84. The molecule has 1 aliphatic heterocycles. The van der Waals surface area contributed by atoms with Crippen LogP contribution in [0.5, 0.6) is 0 Å². The van der Waals surface area contributed by atoms with Crippen LogP contribution in [-0.2, 0) is 9.53 Å². The van der Waals surface area contributed by atoms with E-state index in [1.165, 1.54) is 3.57 Å². The van der Waals surface area contributed by atoms with Gasteiger partial charge in [-0.1, -0.05) is 19.1 Å². The van der Waals surface area contributed by atoms with Gasteiger partial charge in [0.25, 0.3) is 0 Å². The third kappa shape index (κ3) is 2.33. The van der Waals surface area contributed by atoms with Gasteiger partial charge in [-0.25, -0.2) is 0 Å². The van der Waals surface area contributed by atoms with Gasteiger partial charge in [0.1, 0.15) is 0 Å². The van der Waals surface area contributed by atoms with Crippen LogP contribution in [0.3, 0.4) is 0 Å². The molecule has 3 heteroatoms. The maximum atomic E-state index is 11.7. The molecule has 1 aromatic carbocycles. The highest BCUT2D eigenvalue weighted by Gasteiger charge is 2.31. The highest BCUT2D eigenvalue weighted by Crippen LogP contribution is 2.32. The number of cyclic esters (lactones) is 1. The topological polar surface area (TPSA) is 26.3 Å². The van der Waals surface area contributed by atoms with E-state index in [9.17, 15) is 4.79 Å². The van der Waals surface area contributed by atoms with Crippen molar-refractivity contribution in [2.75, 3.05) is 6.61 Å². The average molecular weight is 316 g/mol. The van der Waals surface area contributed by atoms with E-state index in [1.807, 2.05) is 24.3 Å². The molecule has 0 saturated carbocycles. The largest absolute Gasteiger partial charge is 0.465 e. The highest BCUT2D eigenvalue weighted by molar-refractivity contribution is 14.1. The average Bonchev–Trinajstić information content (AvgIpc) is 2.20. The van der Waals surface area contributed by atoms with Crippen molar-refractivity contribution in [3.8, 4) is 0 Å². The minimum atomic E-state index is -0.0741. The van der Waals surface area contributed by atoms with Crippen molar-refractivity contribution in [2.24, 2.45) is 5.92 Å². The normalized spacial score (nSPS) is 26.1. The van der Waals surface area contributed by atoms with Crippen molar-refractivity contribution in [3.05, 3.63) is 33.4 Å². The molecule has 1 fully saturated rings. The number of hydrogen-bond donors (Lipinski definition) is 0. The van der Waals surface area contributed by atoms with E-state index < -0.39 is 0 Å². The van der Waals surface area contributed by atoms with Gasteiger partial charge in [0, 0.05) is 3.57 Å². The molecule has 1 saturated heterocycles. The van der Waals surface area contributed by atoms with Crippen molar-refractivity contribution in [1.29, 1.82) is 0 Å². The molecule has 1 heterocycles. The molecule has 0 aromatic heterocycles. The SMILES string of the molecule is C[C@H]1CCOC(=O)[C@@H]1c1ccc(I)cc1. The van der Waals surface area contributed by atoms with Crippen molar-refractivity contribution in [1.82, 2.24) is 0 Å². The summed E-state index contributed by atoms with van der Waals surface area (Å²) in [6.07, 6.45) is 0.961. The number of hydrogen-bond acceptors (Lipinski definition) is 2. The van der Waals surface area contributed by atoms with Crippen LogP contribution in [0, 0.1) is 9.49 Å². The number of rotatable bonds is 1. The Bertz CT molecular complexity index is 358. The van der Waals surface area contributed by atoms with E-state index in [1.54, 1.807) is 0 Å². The Labute approximate surface area is 103 Å². The molecule has 2 nitrogen and oxygen atoms in total. The number of halogens is 1. The molecule has 0 N–H and O–H groups in total. The van der Waals surface area contributed by atoms with E-state index in [-0.39, 0.29) is 11.9 Å². The fraction of sp³-hybridized carbons (Fsp3) is 0.417.